The van der Waals surface area contributed by atoms with E-state index in [-0.39, 0.29) is 5.56 Å². The maximum atomic E-state index is 12.2. The van der Waals surface area contributed by atoms with Crippen molar-refractivity contribution in [3.8, 4) is 5.75 Å². The highest BCUT2D eigenvalue weighted by Gasteiger charge is 2.11. The second kappa shape index (κ2) is 11.6. The summed E-state index contributed by atoms with van der Waals surface area (Å²) in [5.41, 5.74) is 2.73. The van der Waals surface area contributed by atoms with Crippen molar-refractivity contribution >= 4 is 5.95 Å². The predicted molar refractivity (Wildman–Crippen MR) is 122 cm³/mol. The Labute approximate surface area is 179 Å². The molecule has 1 aromatic heterocycles. The van der Waals surface area contributed by atoms with Gasteiger partial charge < -0.3 is 15.0 Å². The summed E-state index contributed by atoms with van der Waals surface area (Å²) in [6.45, 7) is 10.3. The van der Waals surface area contributed by atoms with Crippen molar-refractivity contribution in [3.63, 3.8) is 0 Å². The predicted octanol–water partition coefficient (Wildman–Crippen LogP) is 4.06. The molecule has 0 bridgehead atoms. The third-order valence-corrected chi connectivity index (χ3v) is 5.46. The summed E-state index contributed by atoms with van der Waals surface area (Å²) in [5, 5.41) is 3.19. The van der Waals surface area contributed by atoms with Crippen molar-refractivity contribution in [3.05, 3.63) is 64.1 Å². The molecule has 0 atom stereocenters. The molecule has 2 aromatic rings. The Morgan fingerprint density at radius 3 is 2.90 bits per heavy atom. The van der Waals surface area contributed by atoms with Gasteiger partial charge in [-0.25, -0.2) is 0 Å². The highest BCUT2D eigenvalue weighted by Crippen LogP contribution is 2.17. The largest absolute Gasteiger partial charge is 0.494 e. The van der Waals surface area contributed by atoms with Gasteiger partial charge in [0.2, 0.25) is 5.95 Å². The van der Waals surface area contributed by atoms with E-state index in [1.807, 2.05) is 19.1 Å². The molecule has 0 aliphatic carbocycles. The van der Waals surface area contributed by atoms with E-state index in [0.717, 1.165) is 36.4 Å². The summed E-state index contributed by atoms with van der Waals surface area (Å²) in [7, 11) is 0. The molecule has 0 radical (unpaired) electrons. The number of hydrogen-bond donors (Lipinski definition) is 2. The van der Waals surface area contributed by atoms with Gasteiger partial charge in [0.25, 0.3) is 5.56 Å². The summed E-state index contributed by atoms with van der Waals surface area (Å²) >= 11 is 0. The van der Waals surface area contributed by atoms with Gasteiger partial charge in [0.1, 0.15) is 5.75 Å². The first-order valence-electron chi connectivity index (χ1n) is 11.0. The van der Waals surface area contributed by atoms with Crippen molar-refractivity contribution in [2.24, 2.45) is 0 Å². The average Bonchev–Trinajstić information content (AvgIpc) is 2.74. The monoisotopic (exact) mass is 410 g/mol. The van der Waals surface area contributed by atoms with E-state index in [1.54, 1.807) is 0 Å². The lowest BCUT2D eigenvalue weighted by molar-refractivity contribution is 0.220. The Hall–Kier alpha value is -2.60. The molecular formula is C24H34N4O2. The van der Waals surface area contributed by atoms with Crippen molar-refractivity contribution in [1.82, 2.24) is 14.9 Å². The lowest BCUT2D eigenvalue weighted by atomic mass is 10.1. The molecular weight excluding hydrogens is 376 g/mol. The Bertz CT molecular complexity index is 872. The Morgan fingerprint density at radius 2 is 2.13 bits per heavy atom. The van der Waals surface area contributed by atoms with Gasteiger partial charge in [-0.05, 0) is 69.8 Å². The molecule has 6 heteroatoms. The summed E-state index contributed by atoms with van der Waals surface area (Å²) in [4.78, 5) is 22.0. The number of benzene rings is 1. The van der Waals surface area contributed by atoms with Gasteiger partial charge >= 0.3 is 0 Å². The van der Waals surface area contributed by atoms with Crippen molar-refractivity contribution in [1.29, 1.82) is 0 Å². The van der Waals surface area contributed by atoms with Gasteiger partial charge in [0.15, 0.2) is 0 Å². The van der Waals surface area contributed by atoms with E-state index in [2.05, 4.69) is 45.0 Å². The van der Waals surface area contributed by atoms with Gasteiger partial charge in [0.05, 0.1) is 6.61 Å². The van der Waals surface area contributed by atoms with Crippen LogP contribution < -0.4 is 15.6 Å². The van der Waals surface area contributed by atoms with E-state index in [0.29, 0.717) is 25.5 Å². The number of allylic oxidation sites excluding steroid dienone is 1. The number of anilines is 1. The van der Waals surface area contributed by atoms with E-state index < -0.39 is 0 Å². The van der Waals surface area contributed by atoms with Gasteiger partial charge in [-0.15, -0.1) is 6.58 Å². The Balaban J connectivity index is 1.41. The summed E-state index contributed by atoms with van der Waals surface area (Å²) in [6, 6.07) is 8.40. The standard InChI is InChI=1S/C24H34N4O2/c1-3-4-12-22-19(2)26-24(27-23(22)29)25-13-9-16-30-21-11-8-10-20(17-21)18-28-14-6-5-7-15-28/h3,8,10-11,17H,1,4-7,9,12-16,18H2,2H3,(H2,25,26,27,29). The molecule has 3 rings (SSSR count). The normalized spacial score (nSPS) is 14.4. The minimum atomic E-state index is -0.169. The third-order valence-electron chi connectivity index (χ3n) is 5.46. The molecule has 2 N–H and O–H groups in total. The minimum Gasteiger partial charge on any atom is -0.494 e. The number of ether oxygens (including phenoxy) is 1. The van der Waals surface area contributed by atoms with Crippen LogP contribution in [0.5, 0.6) is 5.75 Å². The smallest absolute Gasteiger partial charge is 0.277 e. The fraction of sp³-hybridized carbons (Fsp3) is 0.500. The van der Waals surface area contributed by atoms with Crippen LogP contribution in [-0.2, 0) is 13.0 Å². The zero-order valence-corrected chi connectivity index (χ0v) is 18.1. The Morgan fingerprint density at radius 1 is 1.30 bits per heavy atom. The van der Waals surface area contributed by atoms with E-state index in [1.165, 1.54) is 37.9 Å². The second-order valence-corrected chi connectivity index (χ2v) is 7.93. The topological polar surface area (TPSA) is 70.2 Å². The number of aromatic amines is 1. The zero-order chi connectivity index (χ0) is 21.2. The maximum absolute atomic E-state index is 12.2. The molecule has 1 fully saturated rings. The van der Waals surface area contributed by atoms with Crippen molar-refractivity contribution < 1.29 is 4.74 Å². The number of hydrogen-bond acceptors (Lipinski definition) is 5. The molecule has 1 aliphatic rings. The van der Waals surface area contributed by atoms with E-state index in [9.17, 15) is 4.79 Å². The highest BCUT2D eigenvalue weighted by molar-refractivity contribution is 5.30. The lowest BCUT2D eigenvalue weighted by Crippen LogP contribution is -2.29. The molecule has 0 spiro atoms. The first-order chi connectivity index (χ1) is 14.7. The zero-order valence-electron chi connectivity index (χ0n) is 18.1. The van der Waals surface area contributed by atoms with Crippen LogP contribution in [0.2, 0.25) is 0 Å². The summed E-state index contributed by atoms with van der Waals surface area (Å²) < 4.78 is 5.92. The number of aryl methyl sites for hydroxylation is 1. The molecule has 1 aliphatic heterocycles. The third kappa shape index (κ3) is 6.73. The van der Waals surface area contributed by atoms with Crippen molar-refractivity contribution in [2.45, 2.75) is 52.0 Å². The number of nitrogens with zero attached hydrogens (tertiary/aromatic N) is 2. The number of nitrogens with one attached hydrogen (secondary N) is 2. The van der Waals surface area contributed by atoms with Crippen LogP contribution in [0.1, 0.15) is 48.9 Å². The number of H-pyrrole nitrogens is 1. The molecule has 2 heterocycles. The summed E-state index contributed by atoms with van der Waals surface area (Å²) in [5.74, 6) is 1.43. The molecule has 30 heavy (non-hydrogen) atoms. The van der Waals surface area contributed by atoms with E-state index in [4.69, 9.17) is 4.74 Å². The van der Waals surface area contributed by atoms with Gasteiger partial charge in [-0.1, -0.05) is 24.6 Å². The molecule has 0 saturated carbocycles. The second-order valence-electron chi connectivity index (χ2n) is 7.93. The van der Waals surface area contributed by atoms with E-state index >= 15 is 0 Å². The SMILES string of the molecule is C=CCCc1c(C)[nH]c(NCCCOc2cccc(CN3CCCCC3)c2)nc1=O. The summed E-state index contributed by atoms with van der Waals surface area (Å²) in [6.07, 6.45) is 8.04. The van der Waals surface area contributed by atoms with Crippen LogP contribution in [-0.4, -0.2) is 41.1 Å². The van der Waals surface area contributed by atoms with Crippen LogP contribution >= 0.6 is 0 Å². The van der Waals surface area contributed by atoms with Gasteiger partial charge in [0, 0.05) is 24.3 Å². The molecule has 162 valence electrons. The molecule has 0 unspecified atom stereocenters. The molecule has 1 aromatic carbocycles. The number of piperidine rings is 1. The molecule has 0 amide bonds. The minimum absolute atomic E-state index is 0.169. The first kappa shape index (κ1) is 22.1. The van der Waals surface area contributed by atoms with Crippen LogP contribution in [0.3, 0.4) is 0 Å². The molecule has 1 saturated heterocycles. The fourth-order valence-corrected chi connectivity index (χ4v) is 3.81. The number of likely N-dealkylation sites (tertiary alicyclic amines) is 1. The van der Waals surface area contributed by atoms with Crippen LogP contribution in [0, 0.1) is 6.92 Å². The lowest BCUT2D eigenvalue weighted by Gasteiger charge is -2.26. The fourth-order valence-electron chi connectivity index (χ4n) is 3.81. The first-order valence-corrected chi connectivity index (χ1v) is 11.0. The van der Waals surface area contributed by atoms with Gasteiger partial charge in [-0.3, -0.25) is 9.69 Å². The maximum Gasteiger partial charge on any atom is 0.277 e. The van der Waals surface area contributed by atoms with Crippen LogP contribution in [0.15, 0.2) is 41.7 Å². The Kier molecular flexibility index (Phi) is 8.51. The van der Waals surface area contributed by atoms with Crippen molar-refractivity contribution in [2.75, 3.05) is 31.6 Å². The quantitative estimate of drug-likeness (QED) is 0.432. The van der Waals surface area contributed by atoms with Crippen LogP contribution in [0.4, 0.5) is 5.95 Å². The highest BCUT2D eigenvalue weighted by atomic mass is 16.5. The number of aromatic nitrogens is 2. The molecule has 6 nitrogen and oxygen atoms in total. The van der Waals surface area contributed by atoms with Crippen LogP contribution in [0.25, 0.3) is 0 Å². The van der Waals surface area contributed by atoms with Gasteiger partial charge in [-0.2, -0.15) is 4.98 Å². The number of rotatable bonds is 11. The average molecular weight is 411 g/mol.